The Bertz CT molecular complexity index is 1100. The molecule has 3 saturated heterocycles. The Morgan fingerprint density at radius 2 is 1.76 bits per heavy atom. The van der Waals surface area contributed by atoms with Gasteiger partial charge in [-0.15, -0.1) is 11.8 Å². The van der Waals surface area contributed by atoms with Crippen molar-refractivity contribution in [2.45, 2.75) is 28.9 Å². The summed E-state index contributed by atoms with van der Waals surface area (Å²) in [7, 11) is 1.57. The van der Waals surface area contributed by atoms with Crippen LogP contribution in [-0.2, 0) is 14.4 Å². The van der Waals surface area contributed by atoms with E-state index in [1.54, 1.807) is 43.1 Å². The van der Waals surface area contributed by atoms with Gasteiger partial charge in [0, 0.05) is 23.2 Å². The van der Waals surface area contributed by atoms with Crippen LogP contribution in [0.1, 0.15) is 12.8 Å². The molecule has 9 heteroatoms. The lowest BCUT2D eigenvalue weighted by Gasteiger charge is -2.34. The summed E-state index contributed by atoms with van der Waals surface area (Å²) in [6.45, 7) is -0.203. The topological polar surface area (TPSA) is 108 Å². The first-order valence-electron chi connectivity index (χ1n) is 11.4. The number of methoxy groups -OCH3 is 1. The predicted octanol–water partition coefficient (Wildman–Crippen LogP) is 2.36. The number of carbonyl (C=O) groups is 3. The van der Waals surface area contributed by atoms with Gasteiger partial charge < -0.3 is 25.4 Å². The predicted molar refractivity (Wildman–Crippen MR) is 130 cm³/mol. The second-order valence-corrected chi connectivity index (χ2v) is 10.5. The number of anilines is 2. The third kappa shape index (κ3) is 3.63. The van der Waals surface area contributed by atoms with Crippen LogP contribution in [0.3, 0.4) is 0 Å². The fraction of sp³-hybridized carbons (Fsp3) is 0.400. The molecule has 5 atom stereocenters. The number of hydrogen-bond donors (Lipinski definition) is 3. The Hall–Kier alpha value is -3.04. The van der Waals surface area contributed by atoms with E-state index >= 15 is 0 Å². The summed E-state index contributed by atoms with van der Waals surface area (Å²) in [5.41, 5.74) is 1.28. The molecule has 1 spiro atoms. The zero-order valence-corrected chi connectivity index (χ0v) is 19.6. The lowest BCUT2D eigenvalue weighted by Crippen LogP contribution is -2.52. The molecule has 0 aromatic heterocycles. The summed E-state index contributed by atoms with van der Waals surface area (Å²) in [5.74, 6) is -1.17. The number of benzene rings is 2. The summed E-state index contributed by atoms with van der Waals surface area (Å²) >= 11 is 1.60. The van der Waals surface area contributed by atoms with Crippen LogP contribution in [-0.4, -0.2) is 64.0 Å². The van der Waals surface area contributed by atoms with Crippen molar-refractivity contribution in [3.8, 4) is 5.75 Å². The lowest BCUT2D eigenvalue weighted by molar-refractivity contribution is -0.138. The number of nitrogens with zero attached hydrogens (tertiary/aromatic N) is 1. The Labute approximate surface area is 202 Å². The molecule has 0 aliphatic carbocycles. The number of thioether (sulfide) groups is 1. The normalized spacial score (nSPS) is 29.1. The molecule has 2 unspecified atom stereocenters. The summed E-state index contributed by atoms with van der Waals surface area (Å²) in [4.78, 5) is 42.0. The number of rotatable bonds is 7. The Kier molecular flexibility index (Phi) is 5.99. The Balaban J connectivity index is 1.43. The summed E-state index contributed by atoms with van der Waals surface area (Å²) in [6, 6.07) is 15.4. The number of amides is 3. The van der Waals surface area contributed by atoms with Crippen molar-refractivity contribution in [1.29, 1.82) is 0 Å². The molecule has 2 bridgehead atoms. The molecule has 8 nitrogen and oxygen atoms in total. The third-order valence-electron chi connectivity index (χ3n) is 7.09. The average Bonchev–Trinajstić information content (AvgIpc) is 3.48. The minimum Gasteiger partial charge on any atom is -0.497 e. The van der Waals surface area contributed by atoms with Crippen molar-refractivity contribution in [1.82, 2.24) is 4.90 Å². The minimum atomic E-state index is -0.760. The van der Waals surface area contributed by atoms with Crippen LogP contribution in [0.2, 0.25) is 0 Å². The maximum Gasteiger partial charge on any atom is 0.248 e. The largest absolute Gasteiger partial charge is 0.497 e. The van der Waals surface area contributed by atoms with Crippen molar-refractivity contribution in [3.05, 3.63) is 54.6 Å². The highest BCUT2D eigenvalue weighted by Gasteiger charge is 2.73. The van der Waals surface area contributed by atoms with E-state index in [1.165, 1.54) is 4.90 Å². The van der Waals surface area contributed by atoms with Crippen LogP contribution in [0.5, 0.6) is 5.75 Å². The summed E-state index contributed by atoms with van der Waals surface area (Å²) < 4.78 is 4.49. The second-order valence-electron chi connectivity index (χ2n) is 8.88. The van der Waals surface area contributed by atoms with Gasteiger partial charge in [0.15, 0.2) is 0 Å². The van der Waals surface area contributed by atoms with Crippen LogP contribution >= 0.6 is 11.8 Å². The number of aliphatic hydroxyl groups excluding tert-OH is 1. The van der Waals surface area contributed by atoms with Crippen LogP contribution in [0, 0.1) is 11.8 Å². The molecular formula is C25H27N3O5S. The van der Waals surface area contributed by atoms with Gasteiger partial charge in [0.2, 0.25) is 17.7 Å². The lowest BCUT2D eigenvalue weighted by atomic mass is 9.70. The van der Waals surface area contributed by atoms with Crippen LogP contribution in [0.15, 0.2) is 54.6 Å². The van der Waals surface area contributed by atoms with Crippen molar-refractivity contribution in [3.63, 3.8) is 0 Å². The van der Waals surface area contributed by atoms with Crippen molar-refractivity contribution in [2.75, 3.05) is 30.9 Å². The van der Waals surface area contributed by atoms with Crippen molar-refractivity contribution >= 4 is 40.9 Å². The number of β-amino-alcohol motifs (C(OH)–C–C–N with tert-alkyl or cyclic N) is 1. The maximum absolute atomic E-state index is 13.6. The number of nitrogens with one attached hydrogen (secondary N) is 2. The highest BCUT2D eigenvalue weighted by atomic mass is 32.2. The standard InChI is InChI=1S/C25H27N3O5S/c1-33-17-9-7-16(8-10-17)27-23(31)21-25-12-11-18(34-25)19(20(25)24(32)28(21)13-14-29)22(30)26-15-5-3-2-4-6-15/h2-10,18-21,29H,11-14H2,1H3,(H,26,30)(H,27,31)/t18-,19+,20+,21?,25?/m1/s1. The minimum absolute atomic E-state index is 0.0229. The molecule has 3 aliphatic rings. The number of aliphatic hydroxyl groups is 1. The molecule has 2 aromatic rings. The molecule has 3 amide bonds. The number of likely N-dealkylation sites (tertiary alicyclic amines) is 1. The van der Waals surface area contributed by atoms with Gasteiger partial charge in [0.1, 0.15) is 11.8 Å². The van der Waals surface area contributed by atoms with E-state index in [2.05, 4.69) is 10.6 Å². The molecule has 5 rings (SSSR count). The number of para-hydroxylation sites is 1. The zero-order valence-electron chi connectivity index (χ0n) is 18.8. The Morgan fingerprint density at radius 1 is 1.09 bits per heavy atom. The van der Waals surface area contributed by atoms with Gasteiger partial charge in [-0.25, -0.2) is 0 Å². The molecule has 3 N–H and O–H groups in total. The van der Waals surface area contributed by atoms with Crippen molar-refractivity contribution in [2.24, 2.45) is 11.8 Å². The van der Waals surface area contributed by atoms with Gasteiger partial charge in [-0.3, -0.25) is 14.4 Å². The molecular weight excluding hydrogens is 454 g/mol. The van der Waals surface area contributed by atoms with E-state index in [9.17, 15) is 19.5 Å². The molecule has 2 aromatic carbocycles. The van der Waals surface area contributed by atoms with E-state index in [0.29, 0.717) is 23.5 Å². The van der Waals surface area contributed by atoms with Gasteiger partial charge in [-0.1, -0.05) is 18.2 Å². The highest BCUT2D eigenvalue weighted by Crippen LogP contribution is 2.66. The average molecular weight is 482 g/mol. The van der Waals surface area contributed by atoms with Gasteiger partial charge in [0.05, 0.1) is 30.3 Å². The zero-order chi connectivity index (χ0) is 23.9. The van der Waals surface area contributed by atoms with Gasteiger partial charge in [-0.2, -0.15) is 0 Å². The van der Waals surface area contributed by atoms with E-state index in [4.69, 9.17) is 4.74 Å². The van der Waals surface area contributed by atoms with Crippen LogP contribution in [0.25, 0.3) is 0 Å². The highest BCUT2D eigenvalue weighted by molar-refractivity contribution is 8.02. The van der Waals surface area contributed by atoms with E-state index < -0.39 is 22.6 Å². The van der Waals surface area contributed by atoms with Gasteiger partial charge >= 0.3 is 0 Å². The first-order chi connectivity index (χ1) is 16.5. The third-order valence-corrected chi connectivity index (χ3v) is 9.04. The number of hydrogen-bond acceptors (Lipinski definition) is 6. The number of ether oxygens (including phenoxy) is 1. The van der Waals surface area contributed by atoms with E-state index in [-0.39, 0.29) is 36.1 Å². The molecule has 3 fully saturated rings. The maximum atomic E-state index is 13.6. The first kappa shape index (κ1) is 22.7. The second kappa shape index (κ2) is 8.96. The summed E-state index contributed by atoms with van der Waals surface area (Å²) in [5, 5.41) is 15.5. The first-order valence-corrected chi connectivity index (χ1v) is 12.3. The Morgan fingerprint density at radius 3 is 2.44 bits per heavy atom. The van der Waals surface area contributed by atoms with Gasteiger partial charge in [-0.05, 0) is 49.2 Å². The van der Waals surface area contributed by atoms with E-state index in [0.717, 1.165) is 6.42 Å². The molecule has 3 aliphatic heterocycles. The fourth-order valence-electron chi connectivity index (χ4n) is 5.73. The van der Waals surface area contributed by atoms with Gasteiger partial charge in [0.25, 0.3) is 0 Å². The van der Waals surface area contributed by atoms with Crippen LogP contribution < -0.4 is 15.4 Å². The molecule has 0 saturated carbocycles. The fourth-order valence-corrected chi connectivity index (χ4v) is 7.95. The smallest absolute Gasteiger partial charge is 0.248 e. The van der Waals surface area contributed by atoms with E-state index in [1.807, 2.05) is 30.3 Å². The monoisotopic (exact) mass is 481 g/mol. The molecule has 34 heavy (non-hydrogen) atoms. The van der Waals surface area contributed by atoms with Crippen LogP contribution in [0.4, 0.5) is 11.4 Å². The number of fused-ring (bicyclic) bond motifs is 1. The number of carbonyl (C=O) groups excluding carboxylic acids is 3. The molecule has 3 heterocycles. The SMILES string of the molecule is COc1ccc(NC(=O)C2N(CCO)C(=O)[C@@H]3[C@@H](C(=O)Nc4ccccc4)[C@H]4CCC23S4)cc1. The molecule has 178 valence electrons. The van der Waals surface area contributed by atoms with Crippen molar-refractivity contribution < 1.29 is 24.2 Å². The quantitative estimate of drug-likeness (QED) is 0.560. The molecule has 0 radical (unpaired) electrons. The summed E-state index contributed by atoms with van der Waals surface area (Å²) in [6.07, 6.45) is 1.44.